The number of aliphatic imine (C=N–C) groups is 1. The van der Waals surface area contributed by atoms with E-state index in [-0.39, 0.29) is 0 Å². The number of rotatable bonds is 3. The Morgan fingerprint density at radius 1 is 1.67 bits per heavy atom. The second kappa shape index (κ2) is 4.49. The molecule has 0 spiro atoms. The summed E-state index contributed by atoms with van der Waals surface area (Å²) in [4.78, 5) is 8.09. The summed E-state index contributed by atoms with van der Waals surface area (Å²) in [5.74, 6) is 0.638. The van der Waals surface area contributed by atoms with Gasteiger partial charge in [0, 0.05) is 18.9 Å². The van der Waals surface area contributed by atoms with Crippen molar-refractivity contribution in [2.45, 2.75) is 13.3 Å². The first-order valence-electron chi connectivity index (χ1n) is 3.94. The van der Waals surface area contributed by atoms with E-state index in [2.05, 4.69) is 9.98 Å². The predicted molar refractivity (Wildman–Crippen MR) is 50.1 cm³/mol. The van der Waals surface area contributed by atoms with Gasteiger partial charge in [0.05, 0.1) is 5.84 Å². The summed E-state index contributed by atoms with van der Waals surface area (Å²) in [6.45, 7) is 2.54. The van der Waals surface area contributed by atoms with E-state index < -0.39 is 0 Å². The van der Waals surface area contributed by atoms with Gasteiger partial charge >= 0.3 is 0 Å². The maximum Gasteiger partial charge on any atom is 0.0905 e. The van der Waals surface area contributed by atoms with Crippen molar-refractivity contribution in [3.63, 3.8) is 0 Å². The number of hydrogen-bond acceptors (Lipinski definition) is 2. The highest BCUT2D eigenvalue weighted by atomic mass is 14.8. The Morgan fingerprint density at radius 3 is 3.08 bits per heavy atom. The molecule has 0 fully saturated rings. The van der Waals surface area contributed by atoms with Gasteiger partial charge in [-0.05, 0) is 25.0 Å². The molecule has 0 saturated carbocycles. The molecule has 0 aliphatic carbocycles. The first-order valence-corrected chi connectivity index (χ1v) is 3.94. The number of pyridine rings is 1. The van der Waals surface area contributed by atoms with Crippen molar-refractivity contribution in [3.05, 3.63) is 30.1 Å². The van der Waals surface area contributed by atoms with E-state index >= 15 is 0 Å². The Bertz CT molecular complexity index is 250. The van der Waals surface area contributed by atoms with Gasteiger partial charge in [-0.1, -0.05) is 6.07 Å². The maximum atomic E-state index is 5.39. The van der Waals surface area contributed by atoms with Crippen LogP contribution in [0.2, 0.25) is 0 Å². The minimum absolute atomic E-state index is 0.638. The minimum atomic E-state index is 0.638. The molecule has 3 heteroatoms. The highest BCUT2D eigenvalue weighted by Gasteiger charge is 1.89. The van der Waals surface area contributed by atoms with E-state index in [1.807, 2.05) is 18.3 Å². The average Bonchev–Trinajstić information content (AvgIpc) is 2.05. The van der Waals surface area contributed by atoms with Crippen LogP contribution >= 0.6 is 0 Å². The molecule has 2 N–H and O–H groups in total. The second-order valence-corrected chi connectivity index (χ2v) is 2.63. The van der Waals surface area contributed by atoms with Gasteiger partial charge in [-0.15, -0.1) is 0 Å². The molecule has 0 saturated heterocycles. The normalized spacial score (nSPS) is 11.6. The van der Waals surface area contributed by atoms with Crippen LogP contribution in [0.4, 0.5) is 0 Å². The molecular weight excluding hydrogens is 150 g/mol. The monoisotopic (exact) mass is 163 g/mol. The van der Waals surface area contributed by atoms with Gasteiger partial charge in [0.25, 0.3) is 0 Å². The first-order chi connectivity index (χ1) is 5.79. The van der Waals surface area contributed by atoms with E-state index in [1.54, 1.807) is 13.1 Å². The zero-order valence-corrected chi connectivity index (χ0v) is 7.20. The lowest BCUT2D eigenvalue weighted by atomic mass is 10.2. The minimum Gasteiger partial charge on any atom is -0.388 e. The summed E-state index contributed by atoms with van der Waals surface area (Å²) in [6, 6.07) is 3.96. The standard InChI is InChI=1S/C9H13N3/c1-8(10)12-6-4-9-3-2-5-11-7-9/h2-3,5,7H,4,6H2,1H3,(H2,10,12). The molecule has 0 atom stereocenters. The molecule has 0 unspecified atom stereocenters. The highest BCUT2D eigenvalue weighted by Crippen LogP contribution is 1.96. The number of nitrogens with zero attached hydrogens (tertiary/aromatic N) is 2. The fraction of sp³-hybridized carbons (Fsp3) is 0.333. The molecule has 1 heterocycles. The van der Waals surface area contributed by atoms with Gasteiger partial charge in [-0.2, -0.15) is 0 Å². The first kappa shape index (κ1) is 8.71. The van der Waals surface area contributed by atoms with Gasteiger partial charge in [0.2, 0.25) is 0 Å². The van der Waals surface area contributed by atoms with Crippen molar-refractivity contribution in [2.75, 3.05) is 6.54 Å². The summed E-state index contributed by atoms with van der Waals surface area (Å²) in [5, 5.41) is 0. The predicted octanol–water partition coefficient (Wildman–Crippen LogP) is 1.00. The molecule has 1 aromatic rings. The lowest BCUT2D eigenvalue weighted by molar-refractivity contribution is 0.954. The average molecular weight is 163 g/mol. The molecule has 0 aliphatic rings. The van der Waals surface area contributed by atoms with E-state index in [0.29, 0.717) is 5.84 Å². The van der Waals surface area contributed by atoms with Crippen LogP contribution in [0.1, 0.15) is 12.5 Å². The molecule has 0 aromatic carbocycles. The summed E-state index contributed by atoms with van der Waals surface area (Å²) >= 11 is 0. The largest absolute Gasteiger partial charge is 0.388 e. The van der Waals surface area contributed by atoms with Crippen LogP contribution in [0, 0.1) is 0 Å². The molecule has 64 valence electrons. The third-order valence-corrected chi connectivity index (χ3v) is 1.48. The zero-order chi connectivity index (χ0) is 8.81. The number of amidine groups is 1. The van der Waals surface area contributed by atoms with Gasteiger partial charge in [0.1, 0.15) is 0 Å². The second-order valence-electron chi connectivity index (χ2n) is 2.63. The smallest absolute Gasteiger partial charge is 0.0905 e. The van der Waals surface area contributed by atoms with Crippen LogP contribution in [-0.2, 0) is 6.42 Å². The molecule has 0 amide bonds. The van der Waals surface area contributed by atoms with E-state index in [9.17, 15) is 0 Å². The SMILES string of the molecule is CC(N)=NCCc1cccnc1. The van der Waals surface area contributed by atoms with Crippen molar-refractivity contribution in [1.29, 1.82) is 0 Å². The van der Waals surface area contributed by atoms with Crippen LogP contribution in [0.25, 0.3) is 0 Å². The summed E-state index contributed by atoms with van der Waals surface area (Å²) in [6.07, 6.45) is 4.52. The molecule has 3 nitrogen and oxygen atoms in total. The Labute approximate surface area is 72.3 Å². The van der Waals surface area contributed by atoms with Crippen LogP contribution < -0.4 is 5.73 Å². The lowest BCUT2D eigenvalue weighted by Gasteiger charge is -1.96. The fourth-order valence-electron chi connectivity index (χ4n) is 0.907. The summed E-state index contributed by atoms with van der Waals surface area (Å²) in [5.41, 5.74) is 6.59. The van der Waals surface area contributed by atoms with Crippen molar-refractivity contribution in [1.82, 2.24) is 4.98 Å². The van der Waals surface area contributed by atoms with Gasteiger partial charge in [-0.3, -0.25) is 9.98 Å². The molecule has 12 heavy (non-hydrogen) atoms. The Balaban J connectivity index is 2.39. The Morgan fingerprint density at radius 2 is 2.50 bits per heavy atom. The lowest BCUT2D eigenvalue weighted by Crippen LogP contribution is -2.06. The Hall–Kier alpha value is -1.38. The third kappa shape index (κ3) is 3.14. The third-order valence-electron chi connectivity index (χ3n) is 1.48. The molecule has 1 aromatic heterocycles. The molecule has 0 radical (unpaired) electrons. The van der Waals surface area contributed by atoms with Crippen LogP contribution in [-0.4, -0.2) is 17.4 Å². The van der Waals surface area contributed by atoms with Gasteiger partial charge < -0.3 is 5.73 Å². The van der Waals surface area contributed by atoms with Crippen molar-refractivity contribution < 1.29 is 0 Å². The molecule has 0 bridgehead atoms. The maximum absolute atomic E-state index is 5.39. The zero-order valence-electron chi connectivity index (χ0n) is 7.20. The van der Waals surface area contributed by atoms with Crippen molar-refractivity contribution in [2.24, 2.45) is 10.7 Å². The number of nitrogens with two attached hydrogens (primary N) is 1. The fourth-order valence-corrected chi connectivity index (χ4v) is 0.907. The van der Waals surface area contributed by atoms with E-state index in [0.717, 1.165) is 13.0 Å². The molecule has 0 aliphatic heterocycles. The van der Waals surface area contributed by atoms with Crippen molar-refractivity contribution >= 4 is 5.84 Å². The summed E-state index contributed by atoms with van der Waals surface area (Å²) in [7, 11) is 0. The van der Waals surface area contributed by atoms with Gasteiger partial charge in [-0.25, -0.2) is 0 Å². The van der Waals surface area contributed by atoms with Crippen LogP contribution in [0.15, 0.2) is 29.5 Å². The Kier molecular flexibility index (Phi) is 3.26. The quantitative estimate of drug-likeness (QED) is 0.534. The highest BCUT2D eigenvalue weighted by molar-refractivity contribution is 5.77. The molecular formula is C9H13N3. The number of hydrogen-bond donors (Lipinski definition) is 1. The van der Waals surface area contributed by atoms with E-state index in [4.69, 9.17) is 5.73 Å². The van der Waals surface area contributed by atoms with Crippen LogP contribution in [0.3, 0.4) is 0 Å². The van der Waals surface area contributed by atoms with Gasteiger partial charge in [0.15, 0.2) is 0 Å². The van der Waals surface area contributed by atoms with Crippen LogP contribution in [0.5, 0.6) is 0 Å². The van der Waals surface area contributed by atoms with Crippen molar-refractivity contribution in [3.8, 4) is 0 Å². The summed E-state index contributed by atoms with van der Waals surface area (Å²) < 4.78 is 0. The van der Waals surface area contributed by atoms with E-state index in [1.165, 1.54) is 5.56 Å². The molecule has 1 rings (SSSR count). The topological polar surface area (TPSA) is 51.3 Å². The number of aromatic nitrogens is 1.